The Kier molecular flexibility index (Phi) is 7.71. The van der Waals surface area contributed by atoms with E-state index in [2.05, 4.69) is 50.9 Å². The molecule has 0 saturated heterocycles. The smallest absolute Gasteiger partial charge is 0.269 e. The Labute approximate surface area is 309 Å². The minimum absolute atomic E-state index is 0.253. The molecule has 7 aromatic rings. The lowest BCUT2D eigenvalue weighted by Gasteiger charge is -2.21. The number of fused-ring (bicyclic) bond motifs is 6. The van der Waals surface area contributed by atoms with Crippen LogP contribution in [0.3, 0.4) is 0 Å². The maximum atomic E-state index is 13.4. The van der Waals surface area contributed by atoms with Crippen LogP contribution in [0.1, 0.15) is 74.3 Å². The van der Waals surface area contributed by atoms with Gasteiger partial charge in [0.05, 0.1) is 17.3 Å². The van der Waals surface area contributed by atoms with Gasteiger partial charge in [-0.1, -0.05) is 31.0 Å². The maximum Gasteiger partial charge on any atom is 0.269 e. The van der Waals surface area contributed by atoms with E-state index < -0.39 is 10.0 Å². The zero-order valence-corrected chi connectivity index (χ0v) is 31.0. The van der Waals surface area contributed by atoms with E-state index in [1.54, 1.807) is 41.3 Å². The molecular weight excluding hydrogens is 681 g/mol. The average Bonchev–Trinajstić information content (AvgIpc) is 4.03. The van der Waals surface area contributed by atoms with Crippen molar-refractivity contribution >= 4 is 32.1 Å². The molecule has 11 rings (SSSR count). The SMILES string of the molecule is Cn1cc(-c2c[nH]c3ncc(C4CC5CCC4C5)cc23)cn1.Cn1cc(-c2cn(S(=O)(=O)c3ccccc3)c3ncc(C4CC5CCC4C5)cc23)cn1. The molecule has 4 bridgehead atoms. The van der Waals surface area contributed by atoms with Crippen LogP contribution in [-0.4, -0.2) is 46.9 Å². The highest BCUT2D eigenvalue weighted by Gasteiger charge is 2.41. The molecule has 11 heteroatoms. The summed E-state index contributed by atoms with van der Waals surface area (Å²) in [6.45, 7) is 0. The molecule has 10 nitrogen and oxygen atoms in total. The molecule has 6 aromatic heterocycles. The van der Waals surface area contributed by atoms with E-state index >= 15 is 0 Å². The molecule has 1 aromatic carbocycles. The molecule has 0 aliphatic heterocycles. The third-order valence-corrected chi connectivity index (χ3v) is 14.5. The molecule has 0 radical (unpaired) electrons. The van der Waals surface area contributed by atoms with Crippen molar-refractivity contribution in [1.82, 2.24) is 38.5 Å². The first-order valence-corrected chi connectivity index (χ1v) is 20.5. The van der Waals surface area contributed by atoms with Crippen molar-refractivity contribution in [2.45, 2.75) is 68.1 Å². The van der Waals surface area contributed by atoms with E-state index in [1.165, 1.54) is 77.4 Å². The van der Waals surface area contributed by atoms with Gasteiger partial charge in [0.15, 0.2) is 5.65 Å². The van der Waals surface area contributed by atoms with Crippen LogP contribution in [-0.2, 0) is 24.1 Å². The molecule has 6 unspecified atom stereocenters. The van der Waals surface area contributed by atoms with Gasteiger partial charge in [0.2, 0.25) is 0 Å². The summed E-state index contributed by atoms with van der Waals surface area (Å²) in [5.74, 6) is 4.70. The van der Waals surface area contributed by atoms with Crippen LogP contribution >= 0.6 is 0 Å². The van der Waals surface area contributed by atoms with Crippen molar-refractivity contribution in [3.8, 4) is 22.3 Å². The summed E-state index contributed by atoms with van der Waals surface area (Å²) < 4.78 is 31.8. The lowest BCUT2D eigenvalue weighted by Crippen LogP contribution is -2.13. The van der Waals surface area contributed by atoms with E-state index in [9.17, 15) is 8.42 Å². The lowest BCUT2D eigenvalue weighted by molar-refractivity contribution is 0.419. The molecule has 6 atom stereocenters. The zero-order chi connectivity index (χ0) is 35.8. The van der Waals surface area contributed by atoms with Gasteiger partial charge in [0.1, 0.15) is 5.65 Å². The Balaban J connectivity index is 0.000000140. The quantitative estimate of drug-likeness (QED) is 0.184. The zero-order valence-electron chi connectivity index (χ0n) is 30.1. The first kappa shape index (κ1) is 32.6. The molecule has 53 heavy (non-hydrogen) atoms. The fourth-order valence-corrected chi connectivity index (χ4v) is 11.7. The normalized spacial score (nSPS) is 24.7. The molecule has 4 saturated carbocycles. The van der Waals surface area contributed by atoms with Gasteiger partial charge < -0.3 is 4.98 Å². The highest BCUT2D eigenvalue weighted by atomic mass is 32.2. The number of hydrogen-bond donors (Lipinski definition) is 1. The van der Waals surface area contributed by atoms with Crippen molar-refractivity contribution < 1.29 is 8.42 Å². The van der Waals surface area contributed by atoms with Crippen LogP contribution in [0.2, 0.25) is 0 Å². The third-order valence-electron chi connectivity index (χ3n) is 12.8. The first-order chi connectivity index (χ1) is 25.8. The number of aromatic nitrogens is 8. The van der Waals surface area contributed by atoms with Crippen LogP contribution in [0.4, 0.5) is 0 Å². The second-order valence-electron chi connectivity index (χ2n) is 16.0. The fourth-order valence-electron chi connectivity index (χ4n) is 10.3. The standard InChI is InChI=1S/C24H24N4O2S.C18H20N4/c1-27-14-19(13-26-27)23-15-28(31(29,30)20-5-3-2-4-6-20)24-22(23)11-18(12-25-24)21-10-16-7-8-17(21)9-16;1-22-10-14(8-21-22)17-9-20-18-16(17)6-13(7-19-18)15-5-11-2-3-12(15)4-11/h2-6,11-17,21H,7-10H2,1H3;6-12,15H,2-5H2,1H3,(H,19,20). The van der Waals surface area contributed by atoms with Gasteiger partial charge in [-0.25, -0.2) is 22.4 Å². The second kappa shape index (κ2) is 12.5. The summed E-state index contributed by atoms with van der Waals surface area (Å²) in [5, 5.41) is 10.7. The predicted octanol–water partition coefficient (Wildman–Crippen LogP) is 8.44. The number of pyridine rings is 2. The molecular formula is C42H44N8O2S. The lowest BCUT2D eigenvalue weighted by atomic mass is 9.84. The van der Waals surface area contributed by atoms with E-state index in [0.717, 1.165) is 57.3 Å². The van der Waals surface area contributed by atoms with Crippen LogP contribution in [0.15, 0.2) is 96.9 Å². The second-order valence-corrected chi connectivity index (χ2v) is 17.8. The summed E-state index contributed by atoms with van der Waals surface area (Å²) in [6, 6.07) is 13.1. The number of aryl methyl sites for hydroxylation is 2. The Morgan fingerprint density at radius 3 is 1.85 bits per heavy atom. The number of aromatic amines is 1. The summed E-state index contributed by atoms with van der Waals surface area (Å²) in [5.41, 5.74) is 8.22. The summed E-state index contributed by atoms with van der Waals surface area (Å²) >= 11 is 0. The summed E-state index contributed by atoms with van der Waals surface area (Å²) in [6.07, 6.45) is 26.3. The van der Waals surface area contributed by atoms with E-state index in [-0.39, 0.29) is 4.90 Å². The Hall–Kier alpha value is -5.03. The molecule has 0 amide bonds. The van der Waals surface area contributed by atoms with Crippen molar-refractivity contribution in [3.63, 3.8) is 0 Å². The van der Waals surface area contributed by atoms with Crippen LogP contribution in [0.5, 0.6) is 0 Å². The number of H-pyrrole nitrogens is 1. The first-order valence-electron chi connectivity index (χ1n) is 19.0. The Morgan fingerprint density at radius 1 is 0.679 bits per heavy atom. The summed E-state index contributed by atoms with van der Waals surface area (Å²) in [7, 11) is 0.0598. The number of hydrogen-bond acceptors (Lipinski definition) is 6. The van der Waals surface area contributed by atoms with Gasteiger partial charge in [-0.05, 0) is 109 Å². The predicted molar refractivity (Wildman–Crippen MR) is 206 cm³/mol. The number of rotatable bonds is 6. The largest absolute Gasteiger partial charge is 0.346 e. The van der Waals surface area contributed by atoms with Crippen LogP contribution in [0, 0.1) is 23.7 Å². The number of nitrogens with zero attached hydrogens (tertiary/aromatic N) is 7. The minimum Gasteiger partial charge on any atom is -0.346 e. The van der Waals surface area contributed by atoms with E-state index in [1.807, 2.05) is 43.4 Å². The Bertz CT molecular complexity index is 2580. The molecule has 270 valence electrons. The highest BCUT2D eigenvalue weighted by molar-refractivity contribution is 7.90. The molecule has 4 aliphatic carbocycles. The van der Waals surface area contributed by atoms with Gasteiger partial charge in [-0.2, -0.15) is 10.2 Å². The molecule has 4 fully saturated rings. The van der Waals surface area contributed by atoms with Crippen molar-refractivity contribution in [2.24, 2.45) is 37.8 Å². The van der Waals surface area contributed by atoms with Crippen LogP contribution < -0.4 is 0 Å². The van der Waals surface area contributed by atoms with Gasteiger partial charge in [0, 0.05) is 84.3 Å². The number of benzene rings is 1. The van der Waals surface area contributed by atoms with Gasteiger partial charge in [-0.15, -0.1) is 0 Å². The molecule has 1 N–H and O–H groups in total. The third kappa shape index (κ3) is 5.62. The summed E-state index contributed by atoms with van der Waals surface area (Å²) in [4.78, 5) is 12.9. The minimum atomic E-state index is -3.76. The van der Waals surface area contributed by atoms with Crippen molar-refractivity contribution in [3.05, 3.63) is 103 Å². The van der Waals surface area contributed by atoms with Gasteiger partial charge >= 0.3 is 0 Å². The molecule has 6 heterocycles. The van der Waals surface area contributed by atoms with E-state index in [4.69, 9.17) is 4.98 Å². The topological polar surface area (TPSA) is 116 Å². The highest BCUT2D eigenvalue weighted by Crippen LogP contribution is 2.54. The molecule has 4 aliphatic rings. The average molecular weight is 725 g/mol. The number of nitrogens with one attached hydrogen (secondary N) is 1. The van der Waals surface area contributed by atoms with E-state index in [0.29, 0.717) is 11.6 Å². The van der Waals surface area contributed by atoms with Crippen LogP contribution in [0.25, 0.3) is 44.3 Å². The van der Waals surface area contributed by atoms with Gasteiger partial charge in [0.25, 0.3) is 10.0 Å². The Morgan fingerprint density at radius 2 is 1.28 bits per heavy atom. The van der Waals surface area contributed by atoms with Gasteiger partial charge in [-0.3, -0.25) is 9.36 Å². The molecule has 0 spiro atoms. The monoisotopic (exact) mass is 724 g/mol. The maximum absolute atomic E-state index is 13.4. The fraction of sp³-hybridized carbons (Fsp3) is 0.381. The van der Waals surface area contributed by atoms with Crippen molar-refractivity contribution in [1.29, 1.82) is 0 Å². The van der Waals surface area contributed by atoms with Crippen molar-refractivity contribution in [2.75, 3.05) is 0 Å².